The molecule has 2 aromatic heterocycles. The van der Waals surface area contributed by atoms with Crippen molar-refractivity contribution in [3.8, 4) is 0 Å². The van der Waals surface area contributed by atoms with Crippen molar-refractivity contribution >= 4 is 69.1 Å². The molecule has 1 fully saturated rings. The fourth-order valence-electron chi connectivity index (χ4n) is 3.32. The van der Waals surface area contributed by atoms with Gasteiger partial charge in [0.2, 0.25) is 0 Å². The topological polar surface area (TPSA) is 160 Å². The van der Waals surface area contributed by atoms with E-state index in [2.05, 4.69) is 20.4 Å². The molecule has 0 aromatic carbocycles. The quantitative estimate of drug-likeness (QED) is 0.286. The van der Waals surface area contributed by atoms with E-state index < -0.39 is 29.2 Å². The van der Waals surface area contributed by atoms with E-state index in [9.17, 15) is 19.5 Å². The van der Waals surface area contributed by atoms with Gasteiger partial charge in [0.15, 0.2) is 10.8 Å². The number of nitrogens with zero attached hydrogens (tertiary/aromatic N) is 4. The first-order valence-corrected chi connectivity index (χ1v) is 12.2. The lowest BCUT2D eigenvalue weighted by Gasteiger charge is -2.49. The predicted octanol–water partition coefficient (Wildman–Crippen LogP) is 1.29. The number of nitrogens with one attached hydrogen (secondary N) is 1. The summed E-state index contributed by atoms with van der Waals surface area (Å²) < 4.78 is 0. The molecule has 0 saturated carbocycles. The third-order valence-electron chi connectivity index (χ3n) is 4.87. The number of fused-ring (bicyclic) bond motifs is 1. The number of β-lactam (4-membered cyclic amide) rings is 1. The van der Waals surface area contributed by atoms with Crippen molar-refractivity contribution in [1.29, 1.82) is 0 Å². The number of rotatable bonds is 7. The Hall–Kier alpha value is -3.23. The molecule has 0 unspecified atom stereocenters. The van der Waals surface area contributed by atoms with Crippen LogP contribution in [0.2, 0.25) is 0 Å². The number of carboxylic acids is 1. The molecule has 2 atom stereocenters. The Kier molecular flexibility index (Phi) is 6.49. The number of anilines is 1. The van der Waals surface area contributed by atoms with Crippen molar-refractivity contribution in [1.82, 2.24) is 20.2 Å². The van der Waals surface area contributed by atoms with E-state index >= 15 is 0 Å². The molecule has 33 heavy (non-hydrogen) atoms. The lowest BCUT2D eigenvalue weighted by atomic mass is 10.0. The molecule has 2 amide bonds. The molecule has 4 N–H and O–H groups in total. The number of oxime groups is 1. The first-order valence-electron chi connectivity index (χ1n) is 9.44. The number of carboxylic acid groups (broad SMARTS) is 1. The Morgan fingerprint density at radius 2 is 2.18 bits per heavy atom. The summed E-state index contributed by atoms with van der Waals surface area (Å²) in [6, 6.07) is -0.913. The number of hydrogen-bond acceptors (Lipinski definition) is 11. The normalized spacial score (nSPS) is 20.6. The Morgan fingerprint density at radius 3 is 2.79 bits per heavy atom. The van der Waals surface area contributed by atoms with Crippen molar-refractivity contribution in [2.24, 2.45) is 5.16 Å². The highest BCUT2D eigenvalue weighted by Crippen LogP contribution is 2.41. The molecular weight excluding hydrogens is 488 g/mol. The van der Waals surface area contributed by atoms with E-state index in [1.54, 1.807) is 23.0 Å². The van der Waals surface area contributed by atoms with Crippen molar-refractivity contribution in [3.05, 3.63) is 44.5 Å². The minimum Gasteiger partial charge on any atom is -0.477 e. The second-order valence-electron chi connectivity index (χ2n) is 6.87. The molecule has 0 aliphatic carbocycles. The van der Waals surface area contributed by atoms with Gasteiger partial charge in [0.1, 0.15) is 29.9 Å². The maximum absolute atomic E-state index is 12.9. The SMILES string of the molecule is CO/N=C(\C(=O)N[C@@H]1C(=O)N2C(C(=O)O)=C(C=Cc3scnc3C)CS[C@H]12)c1csc(N)n1. The first-order chi connectivity index (χ1) is 15.8. The van der Waals surface area contributed by atoms with E-state index in [1.165, 1.54) is 35.1 Å². The van der Waals surface area contributed by atoms with Crippen LogP contribution in [-0.4, -0.2) is 67.7 Å². The lowest BCUT2D eigenvalue weighted by molar-refractivity contribution is -0.150. The van der Waals surface area contributed by atoms with Crippen LogP contribution in [0.15, 0.2) is 33.4 Å². The van der Waals surface area contributed by atoms with Crippen LogP contribution in [0.4, 0.5) is 5.13 Å². The Morgan fingerprint density at radius 1 is 1.39 bits per heavy atom. The zero-order chi connectivity index (χ0) is 23.7. The summed E-state index contributed by atoms with van der Waals surface area (Å²) >= 11 is 3.94. The maximum atomic E-state index is 12.9. The van der Waals surface area contributed by atoms with Crippen molar-refractivity contribution in [3.63, 3.8) is 0 Å². The fraction of sp³-hybridized carbons (Fsp3) is 0.263. The van der Waals surface area contributed by atoms with Crippen molar-refractivity contribution < 1.29 is 24.3 Å². The van der Waals surface area contributed by atoms with Gasteiger partial charge in [-0.15, -0.1) is 34.4 Å². The van der Waals surface area contributed by atoms with Gasteiger partial charge in [-0.05, 0) is 18.6 Å². The number of aromatic nitrogens is 2. The van der Waals surface area contributed by atoms with Gasteiger partial charge < -0.3 is 21.0 Å². The molecule has 172 valence electrons. The van der Waals surface area contributed by atoms with Gasteiger partial charge in [-0.1, -0.05) is 11.2 Å². The number of aliphatic carboxylic acids is 1. The Balaban J connectivity index is 1.54. The Labute approximate surface area is 200 Å². The number of thiazole rings is 2. The first kappa shape index (κ1) is 22.9. The minimum atomic E-state index is -1.21. The van der Waals surface area contributed by atoms with Gasteiger partial charge in [-0.3, -0.25) is 14.5 Å². The third-order valence-corrected chi connectivity index (χ3v) is 7.74. The van der Waals surface area contributed by atoms with Gasteiger partial charge in [0.25, 0.3) is 11.8 Å². The molecule has 0 radical (unpaired) electrons. The van der Waals surface area contributed by atoms with E-state index in [0.29, 0.717) is 11.3 Å². The van der Waals surface area contributed by atoms with E-state index in [1.807, 2.05) is 6.92 Å². The maximum Gasteiger partial charge on any atom is 0.352 e. The van der Waals surface area contributed by atoms with Gasteiger partial charge >= 0.3 is 5.97 Å². The number of hydrogen-bond donors (Lipinski definition) is 3. The number of nitrogens with two attached hydrogens (primary N) is 1. The van der Waals surface area contributed by atoms with Gasteiger partial charge in [0.05, 0.1) is 11.2 Å². The van der Waals surface area contributed by atoms with Crippen LogP contribution in [0, 0.1) is 6.92 Å². The predicted molar refractivity (Wildman–Crippen MR) is 126 cm³/mol. The number of carbonyl (C=O) groups is 3. The minimum absolute atomic E-state index is 0.0919. The van der Waals surface area contributed by atoms with E-state index in [4.69, 9.17) is 10.6 Å². The number of carbonyl (C=O) groups excluding carboxylic acids is 2. The number of thioether (sulfide) groups is 1. The molecule has 0 spiro atoms. The zero-order valence-electron chi connectivity index (χ0n) is 17.3. The highest BCUT2D eigenvalue weighted by molar-refractivity contribution is 8.00. The average Bonchev–Trinajstić information content (AvgIpc) is 3.40. The highest BCUT2D eigenvalue weighted by atomic mass is 32.2. The number of nitrogen functional groups attached to an aromatic ring is 1. The molecule has 2 aliphatic rings. The van der Waals surface area contributed by atoms with Crippen LogP contribution < -0.4 is 11.1 Å². The van der Waals surface area contributed by atoms with Crippen LogP contribution in [0.25, 0.3) is 6.08 Å². The monoisotopic (exact) mass is 506 g/mol. The molecule has 14 heteroatoms. The van der Waals surface area contributed by atoms with E-state index in [0.717, 1.165) is 21.9 Å². The van der Waals surface area contributed by atoms with Crippen LogP contribution >= 0.6 is 34.4 Å². The summed E-state index contributed by atoms with van der Waals surface area (Å²) in [5.41, 5.74) is 8.68. The van der Waals surface area contributed by atoms with Crippen LogP contribution in [0.3, 0.4) is 0 Å². The molecule has 1 saturated heterocycles. The Bertz CT molecular complexity index is 1220. The molecule has 2 aliphatic heterocycles. The standard InChI is InChI=1S/C19H18N6O5S3/c1-8-11(33-7-21-8)4-3-9-5-31-17-13(16(27)25(17)14(9)18(28)29)23-15(26)12(24-30-2)10-6-32-19(20)22-10/h3-4,6-7,13,17H,5H2,1-2H3,(H2,20,22)(H,23,26)(H,28,29)/b4-3?,24-12-/t13-,17-/m1/s1. The smallest absolute Gasteiger partial charge is 0.352 e. The number of amides is 2. The molecule has 4 rings (SSSR count). The molecular formula is C19H18N6O5S3. The summed E-state index contributed by atoms with van der Waals surface area (Å²) in [6.07, 6.45) is 3.49. The van der Waals surface area contributed by atoms with Crippen LogP contribution in [0.5, 0.6) is 0 Å². The van der Waals surface area contributed by atoms with Crippen molar-refractivity contribution in [2.75, 3.05) is 18.6 Å². The summed E-state index contributed by atoms with van der Waals surface area (Å²) in [5, 5.41) is 17.4. The highest BCUT2D eigenvalue weighted by Gasteiger charge is 2.54. The number of allylic oxidation sites excluding steroid dienone is 1. The molecule has 0 bridgehead atoms. The van der Waals surface area contributed by atoms with Gasteiger partial charge in [-0.25, -0.2) is 14.8 Å². The van der Waals surface area contributed by atoms with Crippen LogP contribution in [-0.2, 0) is 19.2 Å². The summed E-state index contributed by atoms with van der Waals surface area (Å²) in [6.45, 7) is 1.86. The number of aryl methyl sites for hydroxylation is 1. The molecule has 2 aromatic rings. The summed E-state index contributed by atoms with van der Waals surface area (Å²) in [5.74, 6) is -2.04. The molecule has 4 heterocycles. The van der Waals surface area contributed by atoms with Gasteiger partial charge in [-0.2, -0.15) is 0 Å². The van der Waals surface area contributed by atoms with Crippen molar-refractivity contribution in [2.45, 2.75) is 18.3 Å². The summed E-state index contributed by atoms with van der Waals surface area (Å²) in [7, 11) is 1.28. The second kappa shape index (κ2) is 9.33. The van der Waals surface area contributed by atoms with E-state index in [-0.39, 0.29) is 22.2 Å². The fourth-order valence-corrected chi connectivity index (χ4v) is 5.88. The lowest BCUT2D eigenvalue weighted by Crippen LogP contribution is -2.71. The largest absolute Gasteiger partial charge is 0.477 e. The van der Waals surface area contributed by atoms with Gasteiger partial charge in [0, 0.05) is 16.0 Å². The molecule has 11 nitrogen and oxygen atoms in total. The zero-order valence-corrected chi connectivity index (χ0v) is 19.8. The second-order valence-corrected chi connectivity index (χ2v) is 9.75. The summed E-state index contributed by atoms with van der Waals surface area (Å²) in [4.78, 5) is 52.7. The third kappa shape index (κ3) is 4.36. The van der Waals surface area contributed by atoms with Crippen LogP contribution in [0.1, 0.15) is 16.3 Å². The average molecular weight is 507 g/mol.